The summed E-state index contributed by atoms with van der Waals surface area (Å²) in [4.78, 5) is -4.45. The average Bonchev–Trinajstić information content (AvgIpc) is 3.14. The van der Waals surface area contributed by atoms with E-state index in [4.69, 9.17) is 12.1 Å². The van der Waals surface area contributed by atoms with Gasteiger partial charge in [0, 0.05) is 29.6 Å². The summed E-state index contributed by atoms with van der Waals surface area (Å²) in [5.74, 6) is -3.04. The quantitative estimate of drug-likeness (QED) is 0.222. The van der Waals surface area contributed by atoms with Crippen LogP contribution in [0.1, 0.15) is 0 Å². The van der Waals surface area contributed by atoms with Gasteiger partial charge >= 0.3 is 192 Å². The minimum atomic E-state index is -5.57. The summed E-state index contributed by atoms with van der Waals surface area (Å²) in [6, 6.07) is 1.84. The van der Waals surface area contributed by atoms with Crippen LogP contribution in [0.25, 0.3) is 0 Å². The molecule has 0 amide bonds. The van der Waals surface area contributed by atoms with Crippen LogP contribution in [-0.2, 0) is 40.5 Å². The second-order valence-corrected chi connectivity index (χ2v) is 16.5. The molecule has 4 N–H and O–H groups in total. The number of hydrogen-bond donors (Lipinski definition) is 4. The van der Waals surface area contributed by atoms with E-state index in [1.807, 2.05) is 0 Å². The third-order valence-electron chi connectivity index (χ3n) is 3.97. The standard InChI is InChI=1S/2C6H6O8S2.Na.Sb/c2*7-4-1-3(15(9,10)11)2-5(6(4)8)16(12,13)14;;/h2*1-2,7-8H,(H,9,10,11)(H,12,13,14);;/q;;;+4/p-4. The number of fused-ring (bicyclic) bond motifs is 2. The Bertz CT molecular complexity index is 1540. The van der Waals surface area contributed by atoms with E-state index in [-0.39, 0.29) is 29.6 Å². The van der Waals surface area contributed by atoms with Crippen LogP contribution in [-0.4, -0.2) is 102 Å². The molecule has 0 fully saturated rings. The predicted octanol–water partition coefficient (Wildman–Crippen LogP) is -1.03. The van der Waals surface area contributed by atoms with Crippen molar-refractivity contribution in [2.45, 2.75) is 19.6 Å². The summed E-state index contributed by atoms with van der Waals surface area (Å²) in [5.41, 5.74) is 0. The van der Waals surface area contributed by atoms with Crippen molar-refractivity contribution in [3.05, 3.63) is 24.3 Å². The van der Waals surface area contributed by atoms with Crippen LogP contribution in [0.2, 0.25) is 0 Å². The maximum atomic E-state index is 11.7. The molecule has 2 aromatic rings. The number of benzene rings is 2. The zero-order valence-corrected chi connectivity index (χ0v) is 23.9. The zero-order valence-electron chi connectivity index (χ0n) is 16.1. The van der Waals surface area contributed by atoms with Crippen molar-refractivity contribution in [1.82, 2.24) is 0 Å². The van der Waals surface area contributed by atoms with Crippen molar-refractivity contribution < 1.29 is 63.9 Å². The first-order chi connectivity index (χ1) is 14.8. The molecule has 0 saturated heterocycles. The molecule has 0 unspecified atom stereocenters. The predicted molar refractivity (Wildman–Crippen MR) is 106 cm³/mol. The van der Waals surface area contributed by atoms with Gasteiger partial charge < -0.3 is 0 Å². The van der Waals surface area contributed by atoms with Crippen molar-refractivity contribution in [2.24, 2.45) is 0 Å². The Kier molecular flexibility index (Phi) is 6.77. The smallest absolute Gasteiger partial charge is 0 e. The molecule has 0 bridgehead atoms. The van der Waals surface area contributed by atoms with Crippen molar-refractivity contribution in [3.8, 4) is 23.0 Å². The largest absolute Gasteiger partial charge is 0 e. The molecule has 0 aliphatic carbocycles. The number of hydrogen-bond acceptors (Lipinski definition) is 12. The van der Waals surface area contributed by atoms with Crippen LogP contribution in [0.5, 0.6) is 23.0 Å². The van der Waals surface area contributed by atoms with Crippen molar-refractivity contribution in [2.75, 3.05) is 0 Å². The summed E-state index contributed by atoms with van der Waals surface area (Å²) in [6.07, 6.45) is 0. The van der Waals surface area contributed by atoms with Crippen molar-refractivity contribution >= 4 is 90.5 Å². The van der Waals surface area contributed by atoms with Gasteiger partial charge in [0.1, 0.15) is 0 Å². The minimum Gasteiger partial charge on any atom is 0 e. The molecule has 2 radical (unpaired) electrons. The Morgan fingerprint density at radius 3 is 1.12 bits per heavy atom. The molecular formula is C12H8NaO16S4Sb. The van der Waals surface area contributed by atoms with E-state index in [0.717, 1.165) is 0 Å². The molecule has 22 heteroatoms. The molecule has 0 atom stereocenters. The zero-order chi connectivity index (χ0) is 24.8. The summed E-state index contributed by atoms with van der Waals surface area (Å²) in [6.45, 7) is 0. The summed E-state index contributed by atoms with van der Waals surface area (Å²) in [5, 5.41) is 0. The summed E-state index contributed by atoms with van der Waals surface area (Å²) >= 11 is -5.57. The van der Waals surface area contributed by atoms with Crippen LogP contribution in [0, 0.1) is 0 Å². The van der Waals surface area contributed by atoms with Crippen LogP contribution < -0.4 is 12.1 Å². The number of rotatable bonds is 4. The molecule has 4 rings (SSSR count). The van der Waals surface area contributed by atoms with E-state index in [1.165, 1.54) is 0 Å². The average molecular weight is 681 g/mol. The Hall–Kier alpha value is -0.902. The van der Waals surface area contributed by atoms with Crippen LogP contribution in [0.15, 0.2) is 43.8 Å². The van der Waals surface area contributed by atoms with Crippen LogP contribution in [0.3, 0.4) is 0 Å². The molecule has 1 spiro atoms. The first kappa shape index (κ1) is 27.7. The molecular weight excluding hydrogens is 673 g/mol. The molecule has 34 heavy (non-hydrogen) atoms. The first-order valence-corrected chi connectivity index (χ1v) is 17.7. The minimum absolute atomic E-state index is 0. The fourth-order valence-corrected chi connectivity index (χ4v) is 10.7. The third kappa shape index (κ3) is 5.00. The Morgan fingerprint density at radius 1 is 0.529 bits per heavy atom. The first-order valence-electron chi connectivity index (χ1n) is 7.74. The second kappa shape index (κ2) is 8.32. The molecule has 0 aromatic heterocycles. The molecule has 182 valence electrons. The van der Waals surface area contributed by atoms with Crippen molar-refractivity contribution in [1.29, 1.82) is 0 Å². The molecule has 2 aromatic carbocycles. The van der Waals surface area contributed by atoms with Gasteiger partial charge in [-0.1, -0.05) is 0 Å². The normalized spacial score (nSPS) is 16.4. The maximum absolute atomic E-state index is 11.7. The Labute approximate surface area is 219 Å². The SMILES string of the molecule is O=S(=O)(O)c1cc2c(c(S(=O)(=O)O)c1)[O][Sb]1([O]2)[O]c2cc(S(=O)(=O)O)cc(S(=O)(=O)O)c2[O]1.[Na]. The maximum Gasteiger partial charge on any atom is 0 e. The van der Waals surface area contributed by atoms with E-state index in [1.54, 1.807) is 0 Å². The monoisotopic (exact) mass is 680 g/mol. The van der Waals surface area contributed by atoms with E-state index < -0.39 is 104 Å². The van der Waals surface area contributed by atoms with Gasteiger partial charge in [-0.05, 0) is 0 Å². The molecule has 0 saturated carbocycles. The molecule has 2 heterocycles. The topological polar surface area (TPSA) is 254 Å². The van der Waals surface area contributed by atoms with E-state index in [2.05, 4.69) is 0 Å². The molecule has 2 aliphatic rings. The van der Waals surface area contributed by atoms with Crippen LogP contribution in [0.4, 0.5) is 0 Å². The van der Waals surface area contributed by atoms with Gasteiger partial charge in [0.25, 0.3) is 0 Å². The van der Waals surface area contributed by atoms with Gasteiger partial charge in [0.2, 0.25) is 0 Å². The van der Waals surface area contributed by atoms with Gasteiger partial charge in [-0.3, -0.25) is 0 Å². The van der Waals surface area contributed by atoms with Gasteiger partial charge in [0.05, 0.1) is 0 Å². The summed E-state index contributed by atoms with van der Waals surface area (Å²) < 4.78 is 151. The van der Waals surface area contributed by atoms with Crippen molar-refractivity contribution in [3.63, 3.8) is 0 Å². The van der Waals surface area contributed by atoms with Gasteiger partial charge in [-0.2, -0.15) is 0 Å². The van der Waals surface area contributed by atoms with E-state index >= 15 is 0 Å². The fourth-order valence-electron chi connectivity index (χ4n) is 2.68. The molecule has 16 nitrogen and oxygen atoms in total. The van der Waals surface area contributed by atoms with E-state index in [0.29, 0.717) is 24.3 Å². The Balaban J connectivity index is 0.00000324. The van der Waals surface area contributed by atoms with Crippen LogP contribution >= 0.6 is 0 Å². The van der Waals surface area contributed by atoms with Gasteiger partial charge in [-0.25, -0.2) is 0 Å². The van der Waals surface area contributed by atoms with Gasteiger partial charge in [-0.15, -0.1) is 0 Å². The summed E-state index contributed by atoms with van der Waals surface area (Å²) in [7, 11) is -20.4. The Morgan fingerprint density at radius 2 is 0.853 bits per heavy atom. The third-order valence-corrected chi connectivity index (χ3v) is 12.1. The second-order valence-electron chi connectivity index (χ2n) is 6.21. The molecule has 2 aliphatic heterocycles. The van der Waals surface area contributed by atoms with Gasteiger partial charge in [0.15, 0.2) is 0 Å². The van der Waals surface area contributed by atoms with E-state index in [9.17, 15) is 51.9 Å². The fraction of sp³-hybridized carbons (Fsp3) is 0.